The topological polar surface area (TPSA) is 81.4 Å². The van der Waals surface area contributed by atoms with Crippen molar-refractivity contribution in [2.75, 3.05) is 23.9 Å². The molecule has 0 aromatic heterocycles. The number of hydrogen-bond acceptors (Lipinski definition) is 4. The van der Waals surface area contributed by atoms with Crippen molar-refractivity contribution >= 4 is 28.1 Å². The number of ether oxygens (including phenoxy) is 1. The van der Waals surface area contributed by atoms with Crippen LogP contribution in [0.2, 0.25) is 0 Å². The third-order valence-electron chi connectivity index (χ3n) is 2.76. The molecule has 2 aromatic rings. The molecule has 0 fully saturated rings. The minimum atomic E-state index is -1.42. The van der Waals surface area contributed by atoms with Crippen LogP contribution in [-0.2, 0) is 15.6 Å². The predicted molar refractivity (Wildman–Crippen MR) is 83.8 cm³/mol. The molecule has 0 aliphatic carbocycles. The molecule has 2 rings (SSSR count). The van der Waals surface area contributed by atoms with Gasteiger partial charge in [-0.2, -0.15) is 0 Å². The third kappa shape index (κ3) is 4.32. The second-order valence-corrected chi connectivity index (χ2v) is 5.79. The van der Waals surface area contributed by atoms with E-state index in [0.717, 1.165) is 0 Å². The maximum atomic E-state index is 12.1. The SMILES string of the molecule is COc1cccc(S(=O)CC(=O)Nc2ccc(N)cc2)c1. The highest BCUT2D eigenvalue weighted by Crippen LogP contribution is 2.16. The van der Waals surface area contributed by atoms with E-state index in [1.165, 1.54) is 7.11 Å². The monoisotopic (exact) mass is 304 g/mol. The summed E-state index contributed by atoms with van der Waals surface area (Å²) in [5.41, 5.74) is 6.81. The van der Waals surface area contributed by atoms with Gasteiger partial charge < -0.3 is 15.8 Å². The Kier molecular flexibility index (Phi) is 4.94. The molecule has 1 amide bonds. The number of rotatable bonds is 5. The summed E-state index contributed by atoms with van der Waals surface area (Å²) >= 11 is 0. The first-order valence-corrected chi connectivity index (χ1v) is 7.58. The lowest BCUT2D eigenvalue weighted by atomic mass is 10.3. The van der Waals surface area contributed by atoms with Crippen molar-refractivity contribution in [1.82, 2.24) is 0 Å². The zero-order valence-electron chi connectivity index (χ0n) is 11.5. The molecule has 5 nitrogen and oxygen atoms in total. The number of nitrogens with one attached hydrogen (secondary N) is 1. The van der Waals surface area contributed by atoms with Gasteiger partial charge in [-0.1, -0.05) is 6.07 Å². The van der Waals surface area contributed by atoms with Crippen LogP contribution < -0.4 is 15.8 Å². The van der Waals surface area contributed by atoms with Gasteiger partial charge in [-0.05, 0) is 42.5 Å². The first-order valence-electron chi connectivity index (χ1n) is 6.26. The van der Waals surface area contributed by atoms with Gasteiger partial charge in [0.15, 0.2) is 0 Å². The molecule has 0 saturated carbocycles. The quantitative estimate of drug-likeness (QED) is 0.828. The van der Waals surface area contributed by atoms with Crippen LogP contribution in [0.25, 0.3) is 0 Å². The highest BCUT2D eigenvalue weighted by molar-refractivity contribution is 7.85. The van der Waals surface area contributed by atoms with E-state index in [4.69, 9.17) is 10.5 Å². The number of benzene rings is 2. The molecule has 0 aliphatic heterocycles. The number of hydrogen-bond donors (Lipinski definition) is 2. The van der Waals surface area contributed by atoms with Crippen LogP contribution in [0.15, 0.2) is 53.4 Å². The summed E-state index contributed by atoms with van der Waals surface area (Å²) in [5, 5.41) is 2.68. The Morgan fingerprint density at radius 1 is 1.24 bits per heavy atom. The summed E-state index contributed by atoms with van der Waals surface area (Å²) in [5.74, 6) is 0.179. The highest BCUT2D eigenvalue weighted by Gasteiger charge is 2.11. The molecule has 6 heteroatoms. The number of nitrogen functional groups attached to an aromatic ring is 1. The first-order chi connectivity index (χ1) is 10.1. The fraction of sp³-hybridized carbons (Fsp3) is 0.133. The van der Waals surface area contributed by atoms with Crippen molar-refractivity contribution in [1.29, 1.82) is 0 Å². The molecule has 21 heavy (non-hydrogen) atoms. The Balaban J connectivity index is 1.98. The van der Waals surface area contributed by atoms with E-state index in [1.807, 2.05) is 0 Å². The van der Waals surface area contributed by atoms with E-state index >= 15 is 0 Å². The molecule has 0 radical (unpaired) electrons. The number of methoxy groups -OCH3 is 1. The summed E-state index contributed by atoms with van der Waals surface area (Å²) in [6, 6.07) is 13.6. The maximum Gasteiger partial charge on any atom is 0.237 e. The molecule has 3 N–H and O–H groups in total. The zero-order chi connectivity index (χ0) is 15.2. The Bertz CT molecular complexity index is 656. The molecule has 0 heterocycles. The van der Waals surface area contributed by atoms with Gasteiger partial charge in [0.2, 0.25) is 5.91 Å². The standard InChI is InChI=1S/C15H16N2O3S/c1-20-13-3-2-4-14(9-13)21(19)10-15(18)17-12-7-5-11(16)6-8-12/h2-9H,10,16H2,1H3,(H,17,18). The maximum absolute atomic E-state index is 12.1. The van der Waals surface area contributed by atoms with E-state index in [9.17, 15) is 9.00 Å². The Hall–Kier alpha value is -2.34. The van der Waals surface area contributed by atoms with Crippen LogP contribution >= 0.6 is 0 Å². The van der Waals surface area contributed by atoms with Crippen molar-refractivity contribution in [2.24, 2.45) is 0 Å². The van der Waals surface area contributed by atoms with E-state index in [1.54, 1.807) is 48.5 Å². The fourth-order valence-corrected chi connectivity index (χ4v) is 2.66. The van der Waals surface area contributed by atoms with Crippen molar-refractivity contribution in [3.8, 4) is 5.75 Å². The highest BCUT2D eigenvalue weighted by atomic mass is 32.2. The molecule has 0 spiro atoms. The first kappa shape index (κ1) is 15.1. The average Bonchev–Trinajstić information content (AvgIpc) is 2.49. The van der Waals surface area contributed by atoms with Crippen LogP contribution in [0.1, 0.15) is 0 Å². The summed E-state index contributed by atoms with van der Waals surface area (Å²) < 4.78 is 17.2. The number of carbonyl (C=O) groups is 1. The smallest absolute Gasteiger partial charge is 0.237 e. The van der Waals surface area contributed by atoms with Crippen LogP contribution in [0, 0.1) is 0 Å². The predicted octanol–water partition coefficient (Wildman–Crippen LogP) is 2.02. The molecule has 0 saturated heterocycles. The van der Waals surface area contributed by atoms with E-state index in [2.05, 4.69) is 5.32 Å². The van der Waals surface area contributed by atoms with Crippen molar-refractivity contribution in [3.63, 3.8) is 0 Å². The summed E-state index contributed by atoms with van der Waals surface area (Å²) in [7, 11) is 0.117. The van der Waals surface area contributed by atoms with Gasteiger partial charge >= 0.3 is 0 Å². The normalized spacial score (nSPS) is 11.7. The lowest BCUT2D eigenvalue weighted by Crippen LogP contribution is -2.19. The van der Waals surface area contributed by atoms with Crippen molar-refractivity contribution < 1.29 is 13.7 Å². The van der Waals surface area contributed by atoms with E-state index in [-0.39, 0.29) is 11.7 Å². The minimum absolute atomic E-state index is 0.114. The lowest BCUT2D eigenvalue weighted by molar-refractivity contribution is -0.113. The largest absolute Gasteiger partial charge is 0.497 e. The van der Waals surface area contributed by atoms with Gasteiger partial charge in [-0.3, -0.25) is 9.00 Å². The molecule has 1 atom stereocenters. The molecule has 1 unspecified atom stereocenters. The van der Waals surface area contributed by atoms with Gasteiger partial charge in [-0.25, -0.2) is 0 Å². The van der Waals surface area contributed by atoms with E-state index < -0.39 is 10.8 Å². The van der Waals surface area contributed by atoms with Crippen LogP contribution in [-0.4, -0.2) is 23.0 Å². The van der Waals surface area contributed by atoms with Crippen LogP contribution in [0.3, 0.4) is 0 Å². The molecule has 0 bridgehead atoms. The fourth-order valence-electron chi connectivity index (χ4n) is 1.71. The Morgan fingerprint density at radius 2 is 1.95 bits per heavy atom. The Morgan fingerprint density at radius 3 is 2.62 bits per heavy atom. The number of carbonyl (C=O) groups excluding carboxylic acids is 1. The minimum Gasteiger partial charge on any atom is -0.497 e. The number of anilines is 2. The molecular weight excluding hydrogens is 288 g/mol. The van der Waals surface area contributed by atoms with Gasteiger partial charge in [-0.15, -0.1) is 0 Å². The molecule has 2 aromatic carbocycles. The second kappa shape index (κ2) is 6.90. The summed E-state index contributed by atoms with van der Waals surface area (Å²) in [6.45, 7) is 0. The van der Waals surface area contributed by atoms with Gasteiger partial charge in [0.05, 0.1) is 17.9 Å². The zero-order valence-corrected chi connectivity index (χ0v) is 12.4. The second-order valence-electron chi connectivity index (χ2n) is 4.34. The van der Waals surface area contributed by atoms with E-state index in [0.29, 0.717) is 22.0 Å². The van der Waals surface area contributed by atoms with Gasteiger partial charge in [0.1, 0.15) is 11.5 Å². The summed E-state index contributed by atoms with van der Waals surface area (Å²) in [4.78, 5) is 12.4. The molecule has 0 aliphatic rings. The summed E-state index contributed by atoms with van der Waals surface area (Å²) in [6.07, 6.45) is 0. The Labute approximate surface area is 125 Å². The third-order valence-corrected chi connectivity index (χ3v) is 4.06. The molecular formula is C15H16N2O3S. The molecule has 110 valence electrons. The van der Waals surface area contributed by atoms with Crippen molar-refractivity contribution in [3.05, 3.63) is 48.5 Å². The number of nitrogens with two attached hydrogens (primary N) is 1. The van der Waals surface area contributed by atoms with Crippen LogP contribution in [0.4, 0.5) is 11.4 Å². The van der Waals surface area contributed by atoms with Crippen molar-refractivity contribution in [2.45, 2.75) is 4.90 Å². The van der Waals surface area contributed by atoms with Gasteiger partial charge in [0, 0.05) is 16.3 Å². The number of amides is 1. The average molecular weight is 304 g/mol. The lowest BCUT2D eigenvalue weighted by Gasteiger charge is -2.07. The van der Waals surface area contributed by atoms with Crippen LogP contribution in [0.5, 0.6) is 5.75 Å². The van der Waals surface area contributed by atoms with Gasteiger partial charge in [0.25, 0.3) is 0 Å².